The third kappa shape index (κ3) is 4.55. The number of benzene rings is 1. The molecule has 0 aromatic heterocycles. The monoisotopic (exact) mass is 254 g/mol. The number of hydrogen-bond acceptors (Lipinski definition) is 0. The molecule has 0 aliphatic carbocycles. The van der Waals surface area contributed by atoms with Crippen molar-refractivity contribution in [3.63, 3.8) is 0 Å². The van der Waals surface area contributed by atoms with Gasteiger partial charge in [-0.3, -0.25) is 0 Å². The molecule has 0 spiro atoms. The van der Waals surface area contributed by atoms with Gasteiger partial charge in [-0.25, -0.2) is 0 Å². The van der Waals surface area contributed by atoms with Gasteiger partial charge in [0.2, 0.25) is 0 Å². The SMILES string of the molecule is C=C/C=C(/C(=C)C)C(C)c1ccc(CC(C)C)cc1. The third-order valence-electron chi connectivity index (χ3n) is 3.38. The summed E-state index contributed by atoms with van der Waals surface area (Å²) in [5.41, 5.74) is 5.12. The van der Waals surface area contributed by atoms with E-state index in [9.17, 15) is 0 Å². The van der Waals surface area contributed by atoms with E-state index in [4.69, 9.17) is 0 Å². The molecule has 0 bridgehead atoms. The summed E-state index contributed by atoms with van der Waals surface area (Å²) < 4.78 is 0. The van der Waals surface area contributed by atoms with Gasteiger partial charge >= 0.3 is 0 Å². The van der Waals surface area contributed by atoms with Crippen molar-refractivity contribution in [1.29, 1.82) is 0 Å². The Labute approximate surface area is 118 Å². The minimum Gasteiger partial charge on any atom is -0.0991 e. The van der Waals surface area contributed by atoms with E-state index in [1.165, 1.54) is 16.7 Å². The Morgan fingerprint density at radius 1 is 1.16 bits per heavy atom. The number of rotatable bonds is 6. The highest BCUT2D eigenvalue weighted by Gasteiger charge is 2.11. The normalized spacial score (nSPS) is 13.4. The van der Waals surface area contributed by atoms with Crippen molar-refractivity contribution in [3.05, 3.63) is 71.8 Å². The maximum absolute atomic E-state index is 4.06. The Balaban J connectivity index is 2.93. The van der Waals surface area contributed by atoms with E-state index in [2.05, 4.69) is 71.2 Å². The molecular formula is C19H26. The van der Waals surface area contributed by atoms with Crippen molar-refractivity contribution in [2.75, 3.05) is 0 Å². The van der Waals surface area contributed by atoms with Crippen LogP contribution in [0.1, 0.15) is 44.7 Å². The minimum absolute atomic E-state index is 0.364. The first-order valence-corrected chi connectivity index (χ1v) is 7.03. The van der Waals surface area contributed by atoms with Crippen molar-refractivity contribution >= 4 is 0 Å². The molecule has 0 heteroatoms. The molecule has 19 heavy (non-hydrogen) atoms. The number of allylic oxidation sites excluding steroid dienone is 4. The molecule has 0 saturated carbocycles. The molecule has 0 fully saturated rings. The Hall–Kier alpha value is -1.56. The predicted molar refractivity (Wildman–Crippen MR) is 86.5 cm³/mol. The van der Waals surface area contributed by atoms with Gasteiger partial charge in [0.1, 0.15) is 0 Å². The molecule has 0 heterocycles. The lowest BCUT2D eigenvalue weighted by molar-refractivity contribution is 0.647. The molecule has 0 aliphatic rings. The van der Waals surface area contributed by atoms with Gasteiger partial charge in [0.15, 0.2) is 0 Å². The number of hydrogen-bond donors (Lipinski definition) is 0. The van der Waals surface area contributed by atoms with E-state index in [0.717, 1.165) is 12.0 Å². The van der Waals surface area contributed by atoms with Crippen LogP contribution in [-0.4, -0.2) is 0 Å². The fourth-order valence-corrected chi connectivity index (χ4v) is 2.38. The second kappa shape index (κ2) is 7.13. The van der Waals surface area contributed by atoms with Gasteiger partial charge in [-0.15, -0.1) is 0 Å². The van der Waals surface area contributed by atoms with Crippen molar-refractivity contribution in [2.24, 2.45) is 5.92 Å². The summed E-state index contributed by atoms with van der Waals surface area (Å²) in [6.45, 7) is 16.6. The minimum atomic E-state index is 0.364. The third-order valence-corrected chi connectivity index (χ3v) is 3.38. The van der Waals surface area contributed by atoms with Crippen molar-refractivity contribution in [1.82, 2.24) is 0 Å². The predicted octanol–water partition coefficient (Wildman–Crippen LogP) is 5.68. The van der Waals surface area contributed by atoms with Crippen LogP contribution in [0.3, 0.4) is 0 Å². The summed E-state index contributed by atoms with van der Waals surface area (Å²) in [5, 5.41) is 0. The summed E-state index contributed by atoms with van der Waals surface area (Å²) in [4.78, 5) is 0. The van der Waals surface area contributed by atoms with Crippen LogP contribution >= 0.6 is 0 Å². The van der Waals surface area contributed by atoms with Crippen molar-refractivity contribution < 1.29 is 0 Å². The second-order valence-corrected chi connectivity index (χ2v) is 5.70. The largest absolute Gasteiger partial charge is 0.0991 e. The Morgan fingerprint density at radius 3 is 2.16 bits per heavy atom. The molecule has 0 saturated heterocycles. The van der Waals surface area contributed by atoms with E-state index in [1.54, 1.807) is 0 Å². The fourth-order valence-electron chi connectivity index (χ4n) is 2.38. The molecular weight excluding hydrogens is 228 g/mol. The van der Waals surface area contributed by atoms with Gasteiger partial charge in [-0.2, -0.15) is 0 Å². The summed E-state index contributed by atoms with van der Waals surface area (Å²) in [7, 11) is 0. The second-order valence-electron chi connectivity index (χ2n) is 5.70. The zero-order valence-electron chi connectivity index (χ0n) is 12.7. The molecule has 0 radical (unpaired) electrons. The summed E-state index contributed by atoms with van der Waals surface area (Å²) in [6, 6.07) is 8.97. The molecule has 0 amide bonds. The topological polar surface area (TPSA) is 0 Å². The van der Waals surface area contributed by atoms with Gasteiger partial charge in [-0.05, 0) is 36.0 Å². The van der Waals surface area contributed by atoms with Crippen LogP contribution in [0.25, 0.3) is 0 Å². The van der Waals surface area contributed by atoms with Gasteiger partial charge in [0.25, 0.3) is 0 Å². The summed E-state index contributed by atoms with van der Waals surface area (Å²) >= 11 is 0. The van der Waals surface area contributed by atoms with Crippen LogP contribution in [0.2, 0.25) is 0 Å². The molecule has 102 valence electrons. The highest BCUT2D eigenvalue weighted by molar-refractivity contribution is 5.40. The Bertz CT molecular complexity index is 457. The molecule has 1 aromatic carbocycles. The smallest absolute Gasteiger partial charge is 0.00634 e. The van der Waals surface area contributed by atoms with Crippen LogP contribution in [0.5, 0.6) is 0 Å². The highest BCUT2D eigenvalue weighted by atomic mass is 14.2. The van der Waals surface area contributed by atoms with Gasteiger partial charge in [-0.1, -0.05) is 75.9 Å². The quantitative estimate of drug-likeness (QED) is 0.573. The van der Waals surface area contributed by atoms with E-state index >= 15 is 0 Å². The first-order valence-electron chi connectivity index (χ1n) is 7.03. The van der Waals surface area contributed by atoms with E-state index < -0.39 is 0 Å². The van der Waals surface area contributed by atoms with Crippen LogP contribution < -0.4 is 0 Å². The average Bonchev–Trinajstić information content (AvgIpc) is 2.35. The first-order chi connectivity index (χ1) is 8.95. The Kier molecular flexibility index (Phi) is 5.82. The van der Waals surface area contributed by atoms with Gasteiger partial charge in [0.05, 0.1) is 0 Å². The standard InChI is InChI=1S/C19H26/c1-7-8-19(15(4)5)16(6)18-11-9-17(10-12-18)13-14(2)3/h7-12,14,16H,1,4,13H2,2-3,5-6H3/b19-8-. The zero-order valence-corrected chi connectivity index (χ0v) is 12.7. The van der Waals surface area contributed by atoms with Crippen LogP contribution in [0.15, 0.2) is 60.7 Å². The van der Waals surface area contributed by atoms with E-state index in [0.29, 0.717) is 11.8 Å². The van der Waals surface area contributed by atoms with E-state index in [-0.39, 0.29) is 0 Å². The van der Waals surface area contributed by atoms with E-state index in [1.807, 2.05) is 6.08 Å². The lowest BCUT2D eigenvalue weighted by Crippen LogP contribution is -2.00. The lowest BCUT2D eigenvalue weighted by atomic mass is 9.88. The fraction of sp³-hybridized carbons (Fsp3) is 0.368. The first kappa shape index (κ1) is 15.5. The molecule has 1 unspecified atom stereocenters. The molecule has 1 rings (SSSR count). The van der Waals surface area contributed by atoms with Crippen molar-refractivity contribution in [2.45, 2.75) is 40.0 Å². The lowest BCUT2D eigenvalue weighted by Gasteiger charge is -2.17. The van der Waals surface area contributed by atoms with Gasteiger partial charge < -0.3 is 0 Å². The average molecular weight is 254 g/mol. The summed E-state index contributed by atoms with van der Waals surface area (Å²) in [5.74, 6) is 1.07. The van der Waals surface area contributed by atoms with Crippen LogP contribution in [0.4, 0.5) is 0 Å². The van der Waals surface area contributed by atoms with Crippen LogP contribution in [0, 0.1) is 5.92 Å². The maximum atomic E-state index is 4.06. The van der Waals surface area contributed by atoms with Crippen LogP contribution in [-0.2, 0) is 6.42 Å². The maximum Gasteiger partial charge on any atom is 0.00634 e. The molecule has 0 aliphatic heterocycles. The van der Waals surface area contributed by atoms with Gasteiger partial charge in [0, 0.05) is 5.92 Å². The highest BCUT2D eigenvalue weighted by Crippen LogP contribution is 2.28. The molecule has 1 atom stereocenters. The molecule has 0 nitrogen and oxygen atoms in total. The molecule has 0 N–H and O–H groups in total. The summed E-state index contributed by atoms with van der Waals surface area (Å²) in [6.07, 6.45) is 5.05. The zero-order chi connectivity index (χ0) is 14.4. The van der Waals surface area contributed by atoms with Crippen molar-refractivity contribution in [3.8, 4) is 0 Å². The Morgan fingerprint density at radius 2 is 1.74 bits per heavy atom. The molecule has 1 aromatic rings.